The van der Waals surface area contributed by atoms with Gasteiger partial charge in [-0.3, -0.25) is 4.74 Å². The summed E-state index contributed by atoms with van der Waals surface area (Å²) >= 11 is 0. The quantitative estimate of drug-likeness (QED) is 0.554. The van der Waals surface area contributed by atoms with Crippen molar-refractivity contribution in [2.45, 2.75) is 24.8 Å². The van der Waals surface area contributed by atoms with Gasteiger partial charge in [-0.05, 0) is 24.3 Å². The van der Waals surface area contributed by atoms with Gasteiger partial charge in [0.1, 0.15) is 23.7 Å². The molecule has 0 aromatic heterocycles. The number of hydrogen-bond acceptors (Lipinski definition) is 5. The number of benzene rings is 2. The fourth-order valence-electron chi connectivity index (χ4n) is 2.21. The smallest absolute Gasteiger partial charge is 0.232 e. The molecule has 4 unspecified atom stereocenters. The normalized spacial score (nSPS) is 24.5. The molecule has 2 aromatic rings. The van der Waals surface area contributed by atoms with Crippen molar-refractivity contribution in [3.63, 3.8) is 0 Å². The average molecular weight is 314 g/mol. The first-order valence-corrected chi connectivity index (χ1v) is 7.70. The Balaban J connectivity index is 1.43. The molecule has 0 saturated carbocycles. The third-order valence-corrected chi connectivity index (χ3v) is 3.58. The molecule has 0 bridgehead atoms. The van der Waals surface area contributed by atoms with Crippen molar-refractivity contribution in [3.05, 3.63) is 60.7 Å². The summed E-state index contributed by atoms with van der Waals surface area (Å²) < 4.78 is 28.5. The van der Waals surface area contributed by atoms with E-state index in [2.05, 4.69) is 0 Å². The lowest BCUT2D eigenvalue weighted by molar-refractivity contribution is -0.198. The first-order chi connectivity index (χ1) is 11.4. The summed E-state index contributed by atoms with van der Waals surface area (Å²) in [7, 11) is 0. The Bertz CT molecular complexity index is 554. The van der Waals surface area contributed by atoms with E-state index in [1.165, 1.54) is 0 Å². The zero-order chi connectivity index (χ0) is 15.5. The second-order valence-electron chi connectivity index (χ2n) is 5.48. The van der Waals surface area contributed by atoms with Crippen LogP contribution in [-0.4, -0.2) is 38.0 Å². The van der Waals surface area contributed by atoms with E-state index < -0.39 is 12.6 Å². The predicted octanol–water partition coefficient (Wildman–Crippen LogP) is 2.61. The molecular weight excluding hydrogens is 296 g/mol. The van der Waals surface area contributed by atoms with Gasteiger partial charge in [0.2, 0.25) is 12.6 Å². The van der Waals surface area contributed by atoms with Gasteiger partial charge in [-0.2, -0.15) is 0 Å². The van der Waals surface area contributed by atoms with Crippen LogP contribution in [0.4, 0.5) is 0 Å². The molecule has 0 aliphatic carbocycles. The van der Waals surface area contributed by atoms with Gasteiger partial charge in [-0.1, -0.05) is 36.4 Å². The van der Waals surface area contributed by atoms with Gasteiger partial charge in [0, 0.05) is 0 Å². The molecule has 0 spiro atoms. The molecule has 4 atom stereocenters. The Labute approximate surface area is 134 Å². The maximum Gasteiger partial charge on any atom is 0.232 e. The summed E-state index contributed by atoms with van der Waals surface area (Å²) in [5.41, 5.74) is 0. The second kappa shape index (κ2) is 6.58. The highest BCUT2D eigenvalue weighted by Gasteiger charge is 2.43. The van der Waals surface area contributed by atoms with E-state index in [0.717, 1.165) is 11.5 Å². The van der Waals surface area contributed by atoms with E-state index in [4.69, 9.17) is 23.7 Å². The third kappa shape index (κ3) is 4.01. The largest absolute Gasteiger partial charge is 0.462 e. The van der Waals surface area contributed by atoms with Gasteiger partial charge in [0.05, 0.1) is 13.2 Å². The minimum Gasteiger partial charge on any atom is -0.462 e. The summed E-state index contributed by atoms with van der Waals surface area (Å²) in [4.78, 5) is 0. The Morgan fingerprint density at radius 2 is 1.09 bits per heavy atom. The maximum atomic E-state index is 6.01. The van der Waals surface area contributed by atoms with Crippen LogP contribution in [0.2, 0.25) is 0 Å². The molecule has 120 valence electrons. The van der Waals surface area contributed by atoms with Crippen LogP contribution < -0.4 is 9.47 Å². The van der Waals surface area contributed by atoms with Crippen LogP contribution in [-0.2, 0) is 14.2 Å². The zero-order valence-electron chi connectivity index (χ0n) is 12.5. The highest BCUT2D eigenvalue weighted by Crippen LogP contribution is 2.27. The van der Waals surface area contributed by atoms with Gasteiger partial charge < -0.3 is 18.9 Å². The Morgan fingerprint density at radius 1 is 0.696 bits per heavy atom. The first kappa shape index (κ1) is 14.5. The lowest BCUT2D eigenvalue weighted by Crippen LogP contribution is -2.37. The molecule has 2 heterocycles. The van der Waals surface area contributed by atoms with Crippen molar-refractivity contribution in [3.8, 4) is 11.5 Å². The van der Waals surface area contributed by atoms with E-state index in [0.29, 0.717) is 13.2 Å². The van der Waals surface area contributed by atoms with Crippen LogP contribution in [0.15, 0.2) is 60.7 Å². The van der Waals surface area contributed by atoms with E-state index in [1.54, 1.807) is 0 Å². The van der Waals surface area contributed by atoms with Gasteiger partial charge in [-0.25, -0.2) is 0 Å². The first-order valence-electron chi connectivity index (χ1n) is 7.70. The minimum atomic E-state index is -0.518. The van der Waals surface area contributed by atoms with Crippen molar-refractivity contribution in [2.75, 3.05) is 13.2 Å². The molecule has 2 aromatic carbocycles. The summed E-state index contributed by atoms with van der Waals surface area (Å²) in [5, 5.41) is 0. The fraction of sp³-hybridized carbons (Fsp3) is 0.333. The van der Waals surface area contributed by atoms with Gasteiger partial charge in [-0.15, -0.1) is 0 Å². The second-order valence-corrected chi connectivity index (χ2v) is 5.48. The van der Waals surface area contributed by atoms with Crippen molar-refractivity contribution >= 4 is 0 Å². The number of hydrogen-bond donors (Lipinski definition) is 0. The zero-order valence-corrected chi connectivity index (χ0v) is 12.5. The fourth-order valence-corrected chi connectivity index (χ4v) is 2.21. The Morgan fingerprint density at radius 3 is 1.43 bits per heavy atom. The molecular formula is C18H18O5. The highest BCUT2D eigenvalue weighted by atomic mass is 16.8. The molecule has 5 heteroatoms. The summed E-state index contributed by atoms with van der Waals surface area (Å²) in [6, 6.07) is 19.1. The highest BCUT2D eigenvalue weighted by molar-refractivity contribution is 5.22. The monoisotopic (exact) mass is 314 g/mol. The lowest BCUT2D eigenvalue weighted by Gasteiger charge is -2.24. The van der Waals surface area contributed by atoms with Crippen LogP contribution in [0.3, 0.4) is 0 Å². The number of ether oxygens (including phenoxy) is 5. The Kier molecular flexibility index (Phi) is 4.15. The minimum absolute atomic E-state index is 0.0733. The number of para-hydroxylation sites is 2. The molecule has 0 N–H and O–H groups in total. The Hall–Kier alpha value is -2.08. The summed E-state index contributed by atoms with van der Waals surface area (Å²) in [6.07, 6.45) is -1.18. The van der Waals surface area contributed by atoms with Crippen LogP contribution in [0.25, 0.3) is 0 Å². The van der Waals surface area contributed by atoms with E-state index >= 15 is 0 Å². The van der Waals surface area contributed by atoms with Crippen molar-refractivity contribution < 1.29 is 23.7 Å². The molecule has 0 amide bonds. The molecule has 2 aliphatic heterocycles. The van der Waals surface area contributed by atoms with Crippen LogP contribution >= 0.6 is 0 Å². The third-order valence-electron chi connectivity index (χ3n) is 3.58. The van der Waals surface area contributed by atoms with Crippen molar-refractivity contribution in [2.24, 2.45) is 0 Å². The molecule has 2 saturated heterocycles. The predicted molar refractivity (Wildman–Crippen MR) is 82.3 cm³/mol. The standard InChI is InChI=1S/C18H18O5/c1-3-7-13(8-4-1)21-17(15-11-19-15)23-18(16-12-20-16)22-14-9-5-2-6-10-14/h1-10,15-18H,11-12H2. The lowest BCUT2D eigenvalue weighted by atomic mass is 10.3. The van der Waals surface area contributed by atoms with Gasteiger partial charge in [0.15, 0.2) is 0 Å². The van der Waals surface area contributed by atoms with Crippen LogP contribution in [0.1, 0.15) is 0 Å². The van der Waals surface area contributed by atoms with E-state index in [9.17, 15) is 0 Å². The van der Waals surface area contributed by atoms with E-state index in [-0.39, 0.29) is 12.2 Å². The van der Waals surface area contributed by atoms with E-state index in [1.807, 2.05) is 60.7 Å². The molecule has 0 radical (unpaired) electrons. The topological polar surface area (TPSA) is 52.8 Å². The summed E-state index contributed by atoms with van der Waals surface area (Å²) in [6.45, 7) is 1.25. The van der Waals surface area contributed by atoms with Gasteiger partial charge >= 0.3 is 0 Å². The van der Waals surface area contributed by atoms with Crippen LogP contribution in [0, 0.1) is 0 Å². The SMILES string of the molecule is c1ccc(OC(OC(Oc2ccccc2)C2CO2)C2CO2)cc1. The number of rotatable bonds is 8. The van der Waals surface area contributed by atoms with Crippen molar-refractivity contribution in [1.82, 2.24) is 0 Å². The maximum absolute atomic E-state index is 6.01. The average Bonchev–Trinajstić information content (AvgIpc) is 3.49. The molecule has 2 aliphatic rings. The van der Waals surface area contributed by atoms with Crippen molar-refractivity contribution in [1.29, 1.82) is 0 Å². The van der Waals surface area contributed by atoms with Gasteiger partial charge in [0.25, 0.3) is 0 Å². The number of epoxide rings is 2. The molecule has 2 fully saturated rings. The van der Waals surface area contributed by atoms with Crippen LogP contribution in [0.5, 0.6) is 11.5 Å². The summed E-state index contributed by atoms with van der Waals surface area (Å²) in [5.74, 6) is 1.48. The molecule has 4 rings (SSSR count). The molecule has 5 nitrogen and oxygen atoms in total. The molecule has 23 heavy (non-hydrogen) atoms.